The van der Waals surface area contributed by atoms with Crippen LogP contribution in [0.3, 0.4) is 0 Å². The number of sulfonamides is 1. The standard InChI is InChI=1S/C16H17N5O3S/c17-10-13-11-19-21(15(13)18)16(22)12-6-8-20(9-7-12)25(23,24)14-4-2-1-3-5-14/h1-5,11-12H,6-9,18H2. The number of nitrogens with two attached hydrogens (primary N) is 1. The lowest BCUT2D eigenvalue weighted by atomic mass is 9.97. The normalized spacial score (nSPS) is 16.4. The highest BCUT2D eigenvalue weighted by Gasteiger charge is 2.33. The Bertz CT molecular complexity index is 922. The van der Waals surface area contributed by atoms with Gasteiger partial charge in [-0.25, -0.2) is 8.42 Å². The van der Waals surface area contributed by atoms with E-state index in [1.165, 1.54) is 10.5 Å². The first-order chi connectivity index (χ1) is 11.9. The molecule has 25 heavy (non-hydrogen) atoms. The average molecular weight is 359 g/mol. The Labute approximate surface area is 145 Å². The summed E-state index contributed by atoms with van der Waals surface area (Å²) >= 11 is 0. The van der Waals surface area contributed by atoms with Gasteiger partial charge in [-0.2, -0.15) is 19.3 Å². The Kier molecular flexibility index (Phi) is 4.57. The van der Waals surface area contributed by atoms with Crippen LogP contribution in [-0.4, -0.2) is 41.5 Å². The Morgan fingerprint density at radius 3 is 2.44 bits per heavy atom. The molecule has 3 rings (SSSR count). The van der Waals surface area contributed by atoms with Crippen molar-refractivity contribution >= 4 is 21.7 Å². The topological polar surface area (TPSA) is 122 Å². The molecule has 0 amide bonds. The predicted molar refractivity (Wildman–Crippen MR) is 89.9 cm³/mol. The number of aromatic nitrogens is 2. The van der Waals surface area contributed by atoms with E-state index in [-0.39, 0.29) is 41.2 Å². The van der Waals surface area contributed by atoms with Crippen molar-refractivity contribution in [2.45, 2.75) is 17.7 Å². The average Bonchev–Trinajstić information content (AvgIpc) is 3.02. The third kappa shape index (κ3) is 3.14. The van der Waals surface area contributed by atoms with Crippen molar-refractivity contribution in [3.63, 3.8) is 0 Å². The lowest BCUT2D eigenvalue weighted by Gasteiger charge is -2.30. The van der Waals surface area contributed by atoms with Gasteiger partial charge in [-0.3, -0.25) is 4.79 Å². The Morgan fingerprint density at radius 1 is 1.24 bits per heavy atom. The number of benzene rings is 1. The van der Waals surface area contributed by atoms with Crippen LogP contribution in [0.4, 0.5) is 5.82 Å². The van der Waals surface area contributed by atoms with E-state index in [0.717, 1.165) is 4.68 Å². The van der Waals surface area contributed by atoms with Crippen molar-refractivity contribution in [2.24, 2.45) is 5.92 Å². The first kappa shape index (κ1) is 17.1. The van der Waals surface area contributed by atoms with Gasteiger partial charge in [-0.05, 0) is 25.0 Å². The SMILES string of the molecule is N#Cc1cnn(C(=O)C2CCN(S(=O)(=O)c3ccccc3)CC2)c1N. The second kappa shape index (κ2) is 6.66. The van der Waals surface area contributed by atoms with Crippen LogP contribution in [0.1, 0.15) is 23.2 Å². The van der Waals surface area contributed by atoms with Gasteiger partial charge >= 0.3 is 0 Å². The van der Waals surface area contributed by atoms with Crippen molar-refractivity contribution in [3.8, 4) is 6.07 Å². The minimum Gasteiger partial charge on any atom is -0.382 e. The van der Waals surface area contributed by atoms with Crippen molar-refractivity contribution < 1.29 is 13.2 Å². The van der Waals surface area contributed by atoms with Gasteiger partial charge in [0.2, 0.25) is 10.0 Å². The molecule has 1 aliphatic rings. The number of hydrogen-bond acceptors (Lipinski definition) is 6. The number of anilines is 1. The number of nitriles is 1. The van der Waals surface area contributed by atoms with Crippen LogP contribution < -0.4 is 5.73 Å². The van der Waals surface area contributed by atoms with E-state index in [1.54, 1.807) is 30.3 Å². The van der Waals surface area contributed by atoms with Crippen LogP contribution >= 0.6 is 0 Å². The molecule has 0 aliphatic carbocycles. The molecular formula is C16H17N5O3S. The quantitative estimate of drug-likeness (QED) is 0.875. The maximum absolute atomic E-state index is 12.6. The van der Waals surface area contributed by atoms with E-state index in [1.807, 2.05) is 6.07 Å². The number of nitrogens with zero attached hydrogens (tertiary/aromatic N) is 4. The number of piperidine rings is 1. The Hall–Kier alpha value is -2.70. The van der Waals surface area contributed by atoms with Gasteiger partial charge in [0.1, 0.15) is 17.5 Å². The first-order valence-corrected chi connectivity index (χ1v) is 9.22. The Balaban J connectivity index is 1.71. The molecule has 1 saturated heterocycles. The second-order valence-corrected chi connectivity index (χ2v) is 7.73. The van der Waals surface area contributed by atoms with Crippen molar-refractivity contribution in [3.05, 3.63) is 42.1 Å². The molecule has 1 aromatic carbocycles. The Morgan fingerprint density at radius 2 is 1.88 bits per heavy atom. The van der Waals surface area contributed by atoms with E-state index in [4.69, 9.17) is 11.0 Å². The number of rotatable bonds is 3. The molecule has 1 aliphatic heterocycles. The fraction of sp³-hybridized carbons (Fsp3) is 0.312. The summed E-state index contributed by atoms with van der Waals surface area (Å²) in [6, 6.07) is 10.1. The molecule has 0 radical (unpaired) electrons. The molecule has 1 fully saturated rings. The lowest BCUT2D eigenvalue weighted by Crippen LogP contribution is -2.41. The zero-order chi connectivity index (χ0) is 18.0. The van der Waals surface area contributed by atoms with Gasteiger partial charge in [0.15, 0.2) is 0 Å². The van der Waals surface area contributed by atoms with Crippen LogP contribution in [0.15, 0.2) is 41.4 Å². The van der Waals surface area contributed by atoms with E-state index < -0.39 is 10.0 Å². The number of carbonyl (C=O) groups excluding carboxylic acids is 1. The molecule has 2 aromatic rings. The van der Waals surface area contributed by atoms with E-state index in [9.17, 15) is 13.2 Å². The molecule has 2 heterocycles. The molecule has 0 unspecified atom stereocenters. The van der Waals surface area contributed by atoms with Crippen molar-refractivity contribution in [1.29, 1.82) is 5.26 Å². The van der Waals surface area contributed by atoms with Crippen molar-refractivity contribution in [2.75, 3.05) is 18.8 Å². The summed E-state index contributed by atoms with van der Waals surface area (Å²) < 4.78 is 27.6. The summed E-state index contributed by atoms with van der Waals surface area (Å²) in [6.07, 6.45) is 2.01. The van der Waals surface area contributed by atoms with Crippen LogP contribution in [0.5, 0.6) is 0 Å². The maximum Gasteiger partial charge on any atom is 0.251 e. The van der Waals surface area contributed by atoms with Gasteiger partial charge in [0, 0.05) is 19.0 Å². The molecule has 0 bridgehead atoms. The van der Waals surface area contributed by atoms with Gasteiger partial charge in [-0.15, -0.1) is 0 Å². The fourth-order valence-electron chi connectivity index (χ4n) is 2.88. The molecular weight excluding hydrogens is 342 g/mol. The van der Waals surface area contributed by atoms with Gasteiger partial charge in [0.25, 0.3) is 5.91 Å². The number of carbonyl (C=O) groups is 1. The molecule has 8 nitrogen and oxygen atoms in total. The molecule has 130 valence electrons. The molecule has 2 N–H and O–H groups in total. The molecule has 9 heteroatoms. The summed E-state index contributed by atoms with van der Waals surface area (Å²) in [4.78, 5) is 12.8. The van der Waals surface area contributed by atoms with Crippen LogP contribution in [0, 0.1) is 17.2 Å². The summed E-state index contributed by atoms with van der Waals surface area (Å²) in [5, 5.41) is 12.8. The highest BCUT2D eigenvalue weighted by molar-refractivity contribution is 7.89. The van der Waals surface area contributed by atoms with Crippen LogP contribution in [-0.2, 0) is 10.0 Å². The number of nitrogen functional groups attached to an aromatic ring is 1. The monoisotopic (exact) mass is 359 g/mol. The molecule has 0 spiro atoms. The van der Waals surface area contributed by atoms with E-state index >= 15 is 0 Å². The zero-order valence-electron chi connectivity index (χ0n) is 13.4. The van der Waals surface area contributed by atoms with Crippen LogP contribution in [0.2, 0.25) is 0 Å². The van der Waals surface area contributed by atoms with Crippen LogP contribution in [0.25, 0.3) is 0 Å². The highest BCUT2D eigenvalue weighted by atomic mass is 32.2. The lowest BCUT2D eigenvalue weighted by molar-refractivity contribution is 0.0773. The third-order valence-corrected chi connectivity index (χ3v) is 6.23. The maximum atomic E-state index is 12.6. The second-order valence-electron chi connectivity index (χ2n) is 5.80. The minimum atomic E-state index is -3.55. The van der Waals surface area contributed by atoms with E-state index in [2.05, 4.69) is 5.10 Å². The molecule has 0 saturated carbocycles. The summed E-state index contributed by atoms with van der Waals surface area (Å²) in [7, 11) is -3.55. The first-order valence-electron chi connectivity index (χ1n) is 7.78. The van der Waals surface area contributed by atoms with Gasteiger partial charge in [0.05, 0.1) is 11.1 Å². The fourth-order valence-corrected chi connectivity index (χ4v) is 4.37. The minimum absolute atomic E-state index is 0.0202. The third-order valence-electron chi connectivity index (χ3n) is 4.32. The smallest absolute Gasteiger partial charge is 0.251 e. The zero-order valence-corrected chi connectivity index (χ0v) is 14.2. The summed E-state index contributed by atoms with van der Waals surface area (Å²) in [5.41, 5.74) is 5.90. The molecule has 0 atom stereocenters. The largest absolute Gasteiger partial charge is 0.382 e. The summed E-state index contributed by atoms with van der Waals surface area (Å²) in [5.74, 6) is -0.668. The predicted octanol–water partition coefficient (Wildman–Crippen LogP) is 1.08. The highest BCUT2D eigenvalue weighted by Crippen LogP contribution is 2.25. The van der Waals surface area contributed by atoms with Gasteiger partial charge in [-0.1, -0.05) is 18.2 Å². The molecule has 1 aromatic heterocycles. The van der Waals surface area contributed by atoms with Gasteiger partial charge < -0.3 is 5.73 Å². The summed E-state index contributed by atoms with van der Waals surface area (Å²) in [6.45, 7) is 0.500. The number of hydrogen-bond donors (Lipinski definition) is 1. The van der Waals surface area contributed by atoms with Crippen molar-refractivity contribution in [1.82, 2.24) is 14.1 Å². The van der Waals surface area contributed by atoms with E-state index in [0.29, 0.717) is 12.8 Å².